The summed E-state index contributed by atoms with van der Waals surface area (Å²) in [6.07, 6.45) is 3.52. The van der Waals surface area contributed by atoms with Crippen molar-refractivity contribution in [2.24, 2.45) is 0 Å². The number of thioether (sulfide) groups is 1. The molecule has 3 heteroatoms. The minimum Gasteiger partial charge on any atom is -0.284 e. The second-order valence-corrected chi connectivity index (χ2v) is 2.41. The van der Waals surface area contributed by atoms with Crippen molar-refractivity contribution in [1.29, 1.82) is 0 Å². The van der Waals surface area contributed by atoms with Crippen molar-refractivity contribution in [1.82, 2.24) is 0 Å². The first-order chi connectivity index (χ1) is 4.34. The summed E-state index contributed by atoms with van der Waals surface area (Å²) in [5.74, 6) is 0. The molecule has 1 N–H and O–H groups in total. The highest BCUT2D eigenvalue weighted by Crippen LogP contribution is 2.05. The molecule has 0 aliphatic rings. The Balaban J connectivity index is 3.01. The second-order valence-electron chi connectivity index (χ2n) is 1.59. The van der Waals surface area contributed by atoms with Gasteiger partial charge in [0.1, 0.15) is 0 Å². The fourth-order valence-corrected chi connectivity index (χ4v) is 1.04. The van der Waals surface area contributed by atoms with Gasteiger partial charge in [-0.2, -0.15) is 0 Å². The van der Waals surface area contributed by atoms with E-state index in [1.807, 2.05) is 18.4 Å². The van der Waals surface area contributed by atoms with Gasteiger partial charge in [0.05, 0.1) is 0 Å². The number of rotatable bonds is 1. The molecule has 0 amide bonds. The van der Waals surface area contributed by atoms with Crippen molar-refractivity contribution in [3.05, 3.63) is 24.4 Å². The van der Waals surface area contributed by atoms with Crippen molar-refractivity contribution in [3.8, 4) is 0 Å². The normalized spacial score (nSPS) is 9.44. The third-order valence-electron chi connectivity index (χ3n) is 1.01. The summed E-state index contributed by atoms with van der Waals surface area (Å²) < 4.78 is 1.10. The minimum absolute atomic E-state index is 0.845. The van der Waals surface area contributed by atoms with Crippen LogP contribution in [-0.4, -0.2) is 11.5 Å². The van der Waals surface area contributed by atoms with Gasteiger partial charge in [-0.3, -0.25) is 5.21 Å². The van der Waals surface area contributed by atoms with Crippen molar-refractivity contribution in [3.63, 3.8) is 0 Å². The van der Waals surface area contributed by atoms with Crippen LogP contribution in [0.3, 0.4) is 0 Å². The quantitative estimate of drug-likeness (QED) is 0.358. The molecule has 2 nitrogen and oxygen atoms in total. The number of nitrogens with zero attached hydrogens (tertiary/aromatic N) is 1. The molecular formula is C6H8NOS+. The molecule has 0 spiro atoms. The van der Waals surface area contributed by atoms with Gasteiger partial charge in [0.15, 0.2) is 0 Å². The van der Waals surface area contributed by atoms with Crippen LogP contribution >= 0.6 is 11.8 Å². The lowest BCUT2D eigenvalue weighted by molar-refractivity contribution is -0.932. The van der Waals surface area contributed by atoms with Crippen LogP contribution in [0.15, 0.2) is 29.4 Å². The molecule has 9 heavy (non-hydrogen) atoms. The predicted octanol–water partition coefficient (Wildman–Crippen LogP) is 0.933. The molecule has 0 aromatic carbocycles. The van der Waals surface area contributed by atoms with E-state index in [1.165, 1.54) is 11.8 Å². The maximum absolute atomic E-state index is 9.01. The summed E-state index contributed by atoms with van der Waals surface area (Å²) in [5.41, 5.74) is 0. The van der Waals surface area contributed by atoms with Gasteiger partial charge in [0.2, 0.25) is 6.20 Å². The molecule has 1 aromatic rings. The summed E-state index contributed by atoms with van der Waals surface area (Å²) in [5, 5.41) is 9.85. The van der Waals surface area contributed by atoms with Crippen LogP contribution in [0.2, 0.25) is 0 Å². The van der Waals surface area contributed by atoms with Gasteiger partial charge in [-0.05, 0) is 12.3 Å². The molecule has 48 valence electrons. The molecule has 1 heterocycles. The molecule has 1 rings (SSSR count). The van der Waals surface area contributed by atoms with Gasteiger partial charge in [0.25, 0.3) is 5.03 Å². The van der Waals surface area contributed by atoms with E-state index >= 15 is 0 Å². The highest BCUT2D eigenvalue weighted by atomic mass is 32.2. The zero-order valence-electron chi connectivity index (χ0n) is 5.11. The smallest absolute Gasteiger partial charge is 0.284 e. The summed E-state index contributed by atoms with van der Waals surface area (Å²) in [7, 11) is 0. The SMILES string of the molecule is CSc1cccc[n+]1O. The van der Waals surface area contributed by atoms with Crippen LogP contribution in [0.25, 0.3) is 0 Å². The van der Waals surface area contributed by atoms with Gasteiger partial charge in [-0.1, -0.05) is 11.8 Å². The Kier molecular flexibility index (Phi) is 1.95. The molecule has 0 atom stereocenters. The minimum atomic E-state index is 0.845. The van der Waals surface area contributed by atoms with E-state index in [9.17, 15) is 0 Å². The molecule has 0 aliphatic heterocycles. The highest BCUT2D eigenvalue weighted by Gasteiger charge is 2.03. The zero-order valence-corrected chi connectivity index (χ0v) is 5.93. The summed E-state index contributed by atoms with van der Waals surface area (Å²) >= 11 is 1.51. The number of aromatic nitrogens is 1. The molecule has 0 bridgehead atoms. The number of hydrogen-bond donors (Lipinski definition) is 1. The molecule has 0 radical (unpaired) electrons. The van der Waals surface area contributed by atoms with E-state index in [0.29, 0.717) is 0 Å². The summed E-state index contributed by atoms with van der Waals surface area (Å²) in [6, 6.07) is 5.52. The molecule has 0 saturated carbocycles. The summed E-state index contributed by atoms with van der Waals surface area (Å²) in [6.45, 7) is 0. The standard InChI is InChI=1S/C6H8NOS/c1-9-6-4-2-3-5-7(6)8/h2-5,8H,1H3/q+1. The zero-order chi connectivity index (χ0) is 6.69. The average Bonchev–Trinajstić information content (AvgIpc) is 1.89. The van der Waals surface area contributed by atoms with Crippen LogP contribution in [-0.2, 0) is 0 Å². The van der Waals surface area contributed by atoms with Crippen LogP contribution in [0.1, 0.15) is 0 Å². The Morgan fingerprint density at radius 1 is 1.56 bits per heavy atom. The Bertz CT molecular complexity index is 202. The van der Waals surface area contributed by atoms with Crippen LogP contribution in [0, 0.1) is 0 Å². The monoisotopic (exact) mass is 142 g/mol. The van der Waals surface area contributed by atoms with Crippen LogP contribution in [0.4, 0.5) is 0 Å². The molecule has 0 saturated heterocycles. The third kappa shape index (κ3) is 1.36. The highest BCUT2D eigenvalue weighted by molar-refractivity contribution is 7.98. The van der Waals surface area contributed by atoms with E-state index in [1.54, 1.807) is 12.3 Å². The largest absolute Gasteiger partial charge is 0.290 e. The fourth-order valence-electron chi connectivity index (χ4n) is 0.580. The maximum atomic E-state index is 9.01. The number of pyridine rings is 1. The Labute approximate surface area is 58.1 Å². The molecule has 0 fully saturated rings. The van der Waals surface area contributed by atoms with Gasteiger partial charge >= 0.3 is 0 Å². The fraction of sp³-hybridized carbons (Fsp3) is 0.167. The molecule has 0 unspecified atom stereocenters. The Morgan fingerprint density at radius 2 is 2.33 bits per heavy atom. The number of hydrogen-bond acceptors (Lipinski definition) is 2. The van der Waals surface area contributed by atoms with Gasteiger partial charge in [0, 0.05) is 16.9 Å². The van der Waals surface area contributed by atoms with E-state index in [4.69, 9.17) is 5.21 Å². The van der Waals surface area contributed by atoms with Gasteiger partial charge < -0.3 is 0 Å². The van der Waals surface area contributed by atoms with E-state index in [-0.39, 0.29) is 0 Å². The Hall–Kier alpha value is -0.700. The van der Waals surface area contributed by atoms with Crippen LogP contribution in [0.5, 0.6) is 0 Å². The van der Waals surface area contributed by atoms with E-state index in [2.05, 4.69) is 0 Å². The van der Waals surface area contributed by atoms with Crippen molar-refractivity contribution in [2.75, 3.05) is 6.26 Å². The van der Waals surface area contributed by atoms with Crippen molar-refractivity contribution < 1.29 is 9.94 Å². The van der Waals surface area contributed by atoms with Gasteiger partial charge in [-0.25, -0.2) is 0 Å². The maximum Gasteiger partial charge on any atom is 0.290 e. The van der Waals surface area contributed by atoms with Gasteiger partial charge in [-0.15, -0.1) is 0 Å². The lowest BCUT2D eigenvalue weighted by atomic mass is 10.5. The summed E-state index contributed by atoms with van der Waals surface area (Å²) in [4.78, 5) is 0. The first-order valence-electron chi connectivity index (χ1n) is 2.58. The van der Waals surface area contributed by atoms with E-state index < -0.39 is 0 Å². The average molecular weight is 142 g/mol. The molecule has 0 aliphatic carbocycles. The van der Waals surface area contributed by atoms with Crippen LogP contribution < -0.4 is 4.73 Å². The predicted molar refractivity (Wildman–Crippen MR) is 35.6 cm³/mol. The van der Waals surface area contributed by atoms with Crippen molar-refractivity contribution >= 4 is 11.8 Å². The third-order valence-corrected chi connectivity index (χ3v) is 1.75. The lowest BCUT2D eigenvalue weighted by Gasteiger charge is -1.87. The first-order valence-corrected chi connectivity index (χ1v) is 3.81. The molecule has 1 aromatic heterocycles. The second kappa shape index (κ2) is 2.73. The van der Waals surface area contributed by atoms with E-state index in [0.717, 1.165) is 9.76 Å². The Morgan fingerprint density at radius 3 is 2.78 bits per heavy atom. The topological polar surface area (TPSA) is 24.1 Å². The lowest BCUT2D eigenvalue weighted by Crippen LogP contribution is -2.31. The van der Waals surface area contributed by atoms with Crippen molar-refractivity contribution in [2.45, 2.75) is 5.03 Å². The first kappa shape index (κ1) is 6.42. The molecular weight excluding hydrogens is 134 g/mol.